The monoisotopic (exact) mass is 193 g/mol. The van der Waals surface area contributed by atoms with Crippen LogP contribution in [0.4, 0.5) is 0 Å². The third-order valence-corrected chi connectivity index (χ3v) is 2.12. The van der Waals surface area contributed by atoms with Crippen LogP contribution < -0.4 is 5.32 Å². The average molecular weight is 193 g/mol. The first-order chi connectivity index (χ1) is 6.72. The number of aromatic nitrogens is 2. The van der Waals surface area contributed by atoms with Gasteiger partial charge in [-0.15, -0.1) is 0 Å². The van der Waals surface area contributed by atoms with Crippen LogP contribution >= 0.6 is 0 Å². The molecular formula is C11H19N3. The van der Waals surface area contributed by atoms with E-state index in [0.29, 0.717) is 6.04 Å². The molecule has 1 N–H and O–H groups in total. The van der Waals surface area contributed by atoms with E-state index in [1.165, 1.54) is 6.42 Å². The van der Waals surface area contributed by atoms with E-state index in [2.05, 4.69) is 29.1 Å². The Hall–Kier alpha value is -0.960. The molecule has 1 aromatic heterocycles. The smallest absolute Gasteiger partial charge is 0.115 e. The molecule has 0 aliphatic carbocycles. The van der Waals surface area contributed by atoms with Crippen molar-refractivity contribution in [1.29, 1.82) is 0 Å². The molecule has 3 heteroatoms. The minimum atomic E-state index is 0.490. The van der Waals surface area contributed by atoms with E-state index in [0.717, 1.165) is 24.4 Å². The summed E-state index contributed by atoms with van der Waals surface area (Å²) in [6.45, 7) is 7.43. The topological polar surface area (TPSA) is 37.8 Å². The lowest BCUT2D eigenvalue weighted by atomic mass is 10.1. The van der Waals surface area contributed by atoms with Crippen molar-refractivity contribution in [2.75, 3.05) is 6.54 Å². The Balaban J connectivity index is 2.43. The fourth-order valence-electron chi connectivity index (χ4n) is 1.40. The van der Waals surface area contributed by atoms with Crippen molar-refractivity contribution in [2.24, 2.45) is 0 Å². The SMILES string of the molecule is CCCNC(C)Cc1cc(C)ncn1. The maximum absolute atomic E-state index is 4.24. The molecule has 1 unspecified atom stereocenters. The van der Waals surface area contributed by atoms with Gasteiger partial charge in [0.2, 0.25) is 0 Å². The number of rotatable bonds is 5. The predicted octanol–water partition coefficient (Wildman–Crippen LogP) is 1.72. The molecule has 78 valence electrons. The summed E-state index contributed by atoms with van der Waals surface area (Å²) in [5.41, 5.74) is 2.16. The van der Waals surface area contributed by atoms with Gasteiger partial charge in [0.05, 0.1) is 0 Å². The maximum atomic E-state index is 4.24. The molecule has 1 rings (SSSR count). The first-order valence-electron chi connectivity index (χ1n) is 5.23. The average Bonchev–Trinajstić information content (AvgIpc) is 2.15. The Kier molecular flexibility index (Phi) is 4.53. The van der Waals surface area contributed by atoms with Crippen molar-refractivity contribution in [3.8, 4) is 0 Å². The van der Waals surface area contributed by atoms with Crippen LogP contribution in [0, 0.1) is 6.92 Å². The highest BCUT2D eigenvalue weighted by Gasteiger charge is 2.03. The minimum absolute atomic E-state index is 0.490. The first-order valence-corrected chi connectivity index (χ1v) is 5.23. The highest BCUT2D eigenvalue weighted by Crippen LogP contribution is 2.00. The van der Waals surface area contributed by atoms with Gasteiger partial charge in [-0.1, -0.05) is 6.92 Å². The quantitative estimate of drug-likeness (QED) is 0.773. The van der Waals surface area contributed by atoms with Crippen LogP contribution in [0.25, 0.3) is 0 Å². The molecule has 1 aromatic rings. The lowest BCUT2D eigenvalue weighted by Gasteiger charge is -2.12. The Morgan fingerprint density at radius 2 is 2.21 bits per heavy atom. The molecule has 0 saturated carbocycles. The van der Waals surface area contributed by atoms with E-state index in [-0.39, 0.29) is 0 Å². The Labute approximate surface area is 86.0 Å². The summed E-state index contributed by atoms with van der Waals surface area (Å²) in [6, 6.07) is 2.54. The van der Waals surface area contributed by atoms with E-state index >= 15 is 0 Å². The zero-order valence-corrected chi connectivity index (χ0v) is 9.25. The molecule has 3 nitrogen and oxygen atoms in total. The lowest BCUT2D eigenvalue weighted by molar-refractivity contribution is 0.538. The zero-order chi connectivity index (χ0) is 10.4. The number of hydrogen-bond acceptors (Lipinski definition) is 3. The van der Waals surface area contributed by atoms with Gasteiger partial charge in [-0.2, -0.15) is 0 Å². The second-order valence-corrected chi connectivity index (χ2v) is 3.71. The van der Waals surface area contributed by atoms with Gasteiger partial charge < -0.3 is 5.32 Å². The van der Waals surface area contributed by atoms with Crippen molar-refractivity contribution in [1.82, 2.24) is 15.3 Å². The van der Waals surface area contributed by atoms with Gasteiger partial charge in [-0.25, -0.2) is 9.97 Å². The molecular weight excluding hydrogens is 174 g/mol. The van der Waals surface area contributed by atoms with Crippen molar-refractivity contribution < 1.29 is 0 Å². The van der Waals surface area contributed by atoms with E-state index in [1.54, 1.807) is 6.33 Å². The molecule has 0 aromatic carbocycles. The van der Waals surface area contributed by atoms with Crippen LogP contribution in [0.15, 0.2) is 12.4 Å². The summed E-state index contributed by atoms with van der Waals surface area (Å²) in [6.07, 6.45) is 3.79. The van der Waals surface area contributed by atoms with Crippen LogP contribution in [0.3, 0.4) is 0 Å². The second-order valence-electron chi connectivity index (χ2n) is 3.71. The zero-order valence-electron chi connectivity index (χ0n) is 9.25. The molecule has 1 heterocycles. The first kappa shape index (κ1) is 11.1. The fourth-order valence-corrected chi connectivity index (χ4v) is 1.40. The summed E-state index contributed by atoms with van der Waals surface area (Å²) >= 11 is 0. The van der Waals surface area contributed by atoms with Crippen LogP contribution in [-0.4, -0.2) is 22.6 Å². The summed E-state index contributed by atoms with van der Waals surface area (Å²) in [5, 5.41) is 3.44. The Morgan fingerprint density at radius 3 is 2.86 bits per heavy atom. The summed E-state index contributed by atoms with van der Waals surface area (Å²) in [7, 11) is 0. The molecule has 14 heavy (non-hydrogen) atoms. The van der Waals surface area contributed by atoms with E-state index in [9.17, 15) is 0 Å². The molecule has 0 saturated heterocycles. The molecule has 0 fully saturated rings. The van der Waals surface area contributed by atoms with Crippen molar-refractivity contribution >= 4 is 0 Å². The molecule has 0 aliphatic heterocycles. The molecule has 1 atom stereocenters. The van der Waals surface area contributed by atoms with Gasteiger partial charge in [0.1, 0.15) is 6.33 Å². The van der Waals surface area contributed by atoms with Gasteiger partial charge in [0.25, 0.3) is 0 Å². The van der Waals surface area contributed by atoms with Gasteiger partial charge in [0.15, 0.2) is 0 Å². The van der Waals surface area contributed by atoms with E-state index < -0.39 is 0 Å². The van der Waals surface area contributed by atoms with Crippen LogP contribution in [0.2, 0.25) is 0 Å². The third kappa shape index (κ3) is 3.83. The Bertz CT molecular complexity index is 273. The Morgan fingerprint density at radius 1 is 1.43 bits per heavy atom. The van der Waals surface area contributed by atoms with Gasteiger partial charge in [0, 0.05) is 23.9 Å². The molecule has 0 bridgehead atoms. The standard InChI is InChI=1S/C11H19N3/c1-4-5-12-9(2)6-11-7-10(3)13-8-14-11/h7-9,12H,4-6H2,1-3H3. The largest absolute Gasteiger partial charge is 0.314 e. The summed E-state index contributed by atoms with van der Waals surface area (Å²) < 4.78 is 0. The van der Waals surface area contributed by atoms with Crippen LogP contribution in [0.1, 0.15) is 31.7 Å². The maximum Gasteiger partial charge on any atom is 0.115 e. The van der Waals surface area contributed by atoms with Crippen molar-refractivity contribution in [3.05, 3.63) is 23.8 Å². The normalized spacial score (nSPS) is 12.8. The van der Waals surface area contributed by atoms with Crippen LogP contribution in [0.5, 0.6) is 0 Å². The number of hydrogen-bond donors (Lipinski definition) is 1. The number of nitrogens with zero attached hydrogens (tertiary/aromatic N) is 2. The number of aryl methyl sites for hydroxylation is 1. The molecule has 0 amide bonds. The van der Waals surface area contributed by atoms with Crippen molar-refractivity contribution in [2.45, 2.75) is 39.7 Å². The highest BCUT2D eigenvalue weighted by atomic mass is 14.9. The highest BCUT2D eigenvalue weighted by molar-refractivity contribution is 5.07. The van der Waals surface area contributed by atoms with E-state index in [1.807, 2.05) is 13.0 Å². The van der Waals surface area contributed by atoms with Crippen molar-refractivity contribution in [3.63, 3.8) is 0 Å². The van der Waals surface area contributed by atoms with Gasteiger partial charge >= 0.3 is 0 Å². The third-order valence-electron chi connectivity index (χ3n) is 2.12. The van der Waals surface area contributed by atoms with Gasteiger partial charge in [-0.3, -0.25) is 0 Å². The minimum Gasteiger partial charge on any atom is -0.314 e. The number of nitrogens with one attached hydrogen (secondary N) is 1. The van der Waals surface area contributed by atoms with Crippen LogP contribution in [-0.2, 0) is 6.42 Å². The fraction of sp³-hybridized carbons (Fsp3) is 0.636. The van der Waals surface area contributed by atoms with E-state index in [4.69, 9.17) is 0 Å². The summed E-state index contributed by atoms with van der Waals surface area (Å²) in [5.74, 6) is 0. The molecule has 0 radical (unpaired) electrons. The van der Waals surface area contributed by atoms with Gasteiger partial charge in [-0.05, 0) is 32.9 Å². The molecule has 0 aliphatic rings. The summed E-state index contributed by atoms with van der Waals surface area (Å²) in [4.78, 5) is 8.31. The predicted molar refractivity (Wildman–Crippen MR) is 58.2 cm³/mol. The molecule has 0 spiro atoms. The second kappa shape index (κ2) is 5.70. The lowest BCUT2D eigenvalue weighted by Crippen LogP contribution is -2.29.